The minimum atomic E-state index is -0.199. The van der Waals surface area contributed by atoms with Crippen LogP contribution in [0, 0.1) is 0 Å². The Morgan fingerprint density at radius 1 is 1.36 bits per heavy atom. The molecule has 0 unspecified atom stereocenters. The molecule has 3 heteroatoms. The van der Waals surface area contributed by atoms with Crippen LogP contribution in [0.15, 0.2) is 24.3 Å². The second kappa shape index (κ2) is 4.22. The van der Waals surface area contributed by atoms with Gasteiger partial charge in [0.05, 0.1) is 0 Å². The summed E-state index contributed by atoms with van der Waals surface area (Å²) in [6, 6.07) is 6.22. The summed E-state index contributed by atoms with van der Waals surface area (Å²) in [5.74, 6) is -0.374. The van der Waals surface area contributed by atoms with Crippen molar-refractivity contribution in [3.05, 3.63) is 29.8 Å². The molecule has 0 heterocycles. The van der Waals surface area contributed by atoms with Crippen LogP contribution in [0.2, 0.25) is 0 Å². The van der Waals surface area contributed by atoms with Crippen LogP contribution < -0.4 is 24.0 Å². The van der Waals surface area contributed by atoms with E-state index in [0.29, 0.717) is 0 Å². The number of carbonyl (C=O) groups is 1. The van der Waals surface area contributed by atoms with Crippen LogP contribution in [0.25, 0.3) is 0 Å². The van der Waals surface area contributed by atoms with E-state index in [9.17, 15) is 9.90 Å². The third-order valence-corrected chi connectivity index (χ3v) is 1.27. The van der Waals surface area contributed by atoms with Crippen LogP contribution in [0.5, 0.6) is 5.75 Å². The van der Waals surface area contributed by atoms with E-state index >= 15 is 0 Å². The molecule has 2 nitrogen and oxygen atoms in total. The maximum atomic E-state index is 10.8. The third-order valence-electron chi connectivity index (χ3n) is 1.27. The predicted octanol–water partition coefficient (Wildman–Crippen LogP) is -2.03. The molecule has 1 aromatic carbocycles. The average Bonchev–Trinajstić information content (AvgIpc) is 1.88. The van der Waals surface area contributed by atoms with Crippen LogP contribution in [-0.4, -0.2) is 5.78 Å². The van der Waals surface area contributed by atoms with Gasteiger partial charge in [0, 0.05) is 5.56 Å². The molecular formula is C8H7LiO2. The zero-order valence-electron chi connectivity index (χ0n) is 6.63. The molecule has 0 saturated carbocycles. The molecule has 0 radical (unpaired) electrons. The molecule has 0 bridgehead atoms. The van der Waals surface area contributed by atoms with E-state index in [1.165, 1.54) is 19.1 Å². The van der Waals surface area contributed by atoms with Crippen LogP contribution in [0.4, 0.5) is 0 Å². The van der Waals surface area contributed by atoms with Crippen molar-refractivity contribution < 1.29 is 28.8 Å². The summed E-state index contributed by atoms with van der Waals surface area (Å²) >= 11 is 0. The smallest absolute Gasteiger partial charge is 0.872 e. The topological polar surface area (TPSA) is 40.1 Å². The molecule has 0 spiro atoms. The predicted molar refractivity (Wildman–Crippen MR) is 35.9 cm³/mol. The van der Waals surface area contributed by atoms with E-state index in [4.69, 9.17) is 0 Å². The number of carbonyl (C=O) groups excluding carboxylic acids is 1. The van der Waals surface area contributed by atoms with Gasteiger partial charge in [0.1, 0.15) is 0 Å². The maximum Gasteiger partial charge on any atom is 1.00 e. The van der Waals surface area contributed by atoms with E-state index < -0.39 is 0 Å². The van der Waals surface area contributed by atoms with Crippen molar-refractivity contribution >= 4 is 5.78 Å². The van der Waals surface area contributed by atoms with Crippen molar-refractivity contribution in [3.63, 3.8) is 0 Å². The van der Waals surface area contributed by atoms with Crippen molar-refractivity contribution in [3.8, 4) is 5.75 Å². The first-order valence-corrected chi connectivity index (χ1v) is 2.99. The monoisotopic (exact) mass is 142 g/mol. The quantitative estimate of drug-likeness (QED) is 0.335. The van der Waals surface area contributed by atoms with Crippen LogP contribution in [-0.2, 0) is 0 Å². The fraction of sp³-hybridized carbons (Fsp3) is 0.125. The Hall–Kier alpha value is -0.713. The van der Waals surface area contributed by atoms with Crippen LogP contribution >= 0.6 is 0 Å². The summed E-state index contributed by atoms with van der Waals surface area (Å²) in [6.45, 7) is 1.39. The second-order valence-corrected chi connectivity index (χ2v) is 2.05. The van der Waals surface area contributed by atoms with Crippen LogP contribution in [0.1, 0.15) is 17.3 Å². The van der Waals surface area contributed by atoms with E-state index in [1.54, 1.807) is 12.1 Å². The minimum absolute atomic E-state index is 0. The molecule has 0 aliphatic rings. The molecule has 1 rings (SSSR count). The number of Topliss-reactive ketones (excluding diaryl/α,β-unsaturated/α-hetero) is 1. The summed E-state index contributed by atoms with van der Waals surface area (Å²) in [5, 5.41) is 10.8. The number of rotatable bonds is 1. The molecule has 0 aliphatic heterocycles. The number of hydrogen-bond acceptors (Lipinski definition) is 2. The van der Waals surface area contributed by atoms with Gasteiger partial charge in [0.25, 0.3) is 0 Å². The summed E-state index contributed by atoms with van der Waals surface area (Å²) < 4.78 is 0. The Bertz CT molecular complexity index is 258. The normalized spacial score (nSPS) is 8.45. The molecule has 0 fully saturated rings. The fourth-order valence-corrected chi connectivity index (χ4v) is 0.757. The van der Waals surface area contributed by atoms with Gasteiger partial charge in [-0.25, -0.2) is 0 Å². The zero-order valence-corrected chi connectivity index (χ0v) is 6.63. The van der Waals surface area contributed by atoms with E-state index in [0.717, 1.165) is 0 Å². The Kier molecular flexibility index (Phi) is 3.95. The van der Waals surface area contributed by atoms with Crippen molar-refractivity contribution in [2.75, 3.05) is 0 Å². The van der Waals surface area contributed by atoms with Gasteiger partial charge in [0.2, 0.25) is 0 Å². The molecule has 0 atom stereocenters. The molecule has 0 saturated heterocycles. The van der Waals surface area contributed by atoms with Gasteiger partial charge in [0.15, 0.2) is 5.78 Å². The van der Waals surface area contributed by atoms with Crippen molar-refractivity contribution in [2.45, 2.75) is 6.92 Å². The van der Waals surface area contributed by atoms with Crippen LogP contribution in [0.3, 0.4) is 0 Å². The zero-order chi connectivity index (χ0) is 7.56. The first-order chi connectivity index (χ1) is 4.72. The molecule has 0 amide bonds. The number of para-hydroxylation sites is 1. The van der Waals surface area contributed by atoms with Crippen molar-refractivity contribution in [2.24, 2.45) is 0 Å². The molecule has 0 N–H and O–H groups in total. The molecule has 11 heavy (non-hydrogen) atoms. The van der Waals surface area contributed by atoms with Crippen molar-refractivity contribution in [1.82, 2.24) is 0 Å². The van der Waals surface area contributed by atoms with Gasteiger partial charge < -0.3 is 5.11 Å². The SMILES string of the molecule is CC(=O)c1ccccc1[O-].[Li+]. The summed E-state index contributed by atoms with van der Waals surface area (Å²) in [7, 11) is 0. The third kappa shape index (κ3) is 2.42. The minimum Gasteiger partial charge on any atom is -0.872 e. The van der Waals surface area contributed by atoms with Gasteiger partial charge >= 0.3 is 18.9 Å². The summed E-state index contributed by atoms with van der Waals surface area (Å²) in [5.41, 5.74) is 0.266. The second-order valence-electron chi connectivity index (χ2n) is 2.05. The maximum absolute atomic E-state index is 10.8. The van der Waals surface area contributed by atoms with Gasteiger partial charge in [-0.3, -0.25) is 4.79 Å². The number of benzene rings is 1. The summed E-state index contributed by atoms with van der Waals surface area (Å²) in [6.07, 6.45) is 0. The molecule has 1 aromatic rings. The van der Waals surface area contributed by atoms with E-state index in [1.807, 2.05) is 0 Å². The fourth-order valence-electron chi connectivity index (χ4n) is 0.757. The van der Waals surface area contributed by atoms with Gasteiger partial charge in [-0.1, -0.05) is 30.0 Å². The Balaban J connectivity index is 0.000001000. The molecule has 52 valence electrons. The van der Waals surface area contributed by atoms with Gasteiger partial charge in [-0.15, -0.1) is 0 Å². The van der Waals surface area contributed by atoms with Crippen molar-refractivity contribution in [1.29, 1.82) is 0 Å². The first kappa shape index (κ1) is 10.3. The average molecular weight is 142 g/mol. The number of hydrogen-bond donors (Lipinski definition) is 0. The van der Waals surface area contributed by atoms with Gasteiger partial charge in [-0.05, 0) is 6.92 Å². The van der Waals surface area contributed by atoms with E-state index in [2.05, 4.69) is 0 Å². The Morgan fingerprint density at radius 2 is 1.91 bits per heavy atom. The standard InChI is InChI=1S/C8H8O2.Li/c1-6(9)7-4-2-3-5-8(7)10;/h2-5,10H,1H3;/q;+1/p-1. The van der Waals surface area contributed by atoms with E-state index in [-0.39, 0.29) is 36.0 Å². The molecule has 0 aliphatic carbocycles. The Morgan fingerprint density at radius 3 is 2.27 bits per heavy atom. The molecule has 0 aromatic heterocycles. The first-order valence-electron chi connectivity index (χ1n) is 2.99. The largest absolute Gasteiger partial charge is 1.00 e. The van der Waals surface area contributed by atoms with Gasteiger partial charge in [-0.2, -0.15) is 0 Å². The Labute approximate surface area is 77.4 Å². The molecular weight excluding hydrogens is 135 g/mol. The number of ketones is 1. The summed E-state index contributed by atoms with van der Waals surface area (Å²) in [4.78, 5) is 10.7.